The van der Waals surface area contributed by atoms with Gasteiger partial charge in [0.05, 0.1) is 11.4 Å². The van der Waals surface area contributed by atoms with Crippen LogP contribution in [0.3, 0.4) is 0 Å². The SMILES string of the molecule is C=CCn1c(CC)nnc1SCC(=O)Nc1ccccc1SCc1ccccc1. The second-order valence-corrected chi connectivity index (χ2v) is 8.22. The molecule has 0 aliphatic carbocycles. The summed E-state index contributed by atoms with van der Waals surface area (Å²) in [7, 11) is 0. The molecule has 1 heterocycles. The Hall–Kier alpha value is -2.51. The molecule has 1 amide bonds. The van der Waals surface area contributed by atoms with Gasteiger partial charge in [0, 0.05) is 23.6 Å². The van der Waals surface area contributed by atoms with Gasteiger partial charge >= 0.3 is 0 Å². The topological polar surface area (TPSA) is 59.8 Å². The lowest BCUT2D eigenvalue weighted by Gasteiger charge is -2.11. The first-order valence-electron chi connectivity index (χ1n) is 9.42. The highest BCUT2D eigenvalue weighted by Crippen LogP contribution is 2.30. The van der Waals surface area contributed by atoms with Crippen LogP contribution in [0.2, 0.25) is 0 Å². The molecule has 1 aromatic heterocycles. The average molecular weight is 425 g/mol. The zero-order valence-corrected chi connectivity index (χ0v) is 18.0. The Morgan fingerprint density at radius 2 is 1.86 bits per heavy atom. The summed E-state index contributed by atoms with van der Waals surface area (Å²) >= 11 is 3.10. The van der Waals surface area contributed by atoms with Gasteiger partial charge in [0.25, 0.3) is 0 Å². The normalized spacial score (nSPS) is 10.7. The van der Waals surface area contributed by atoms with Gasteiger partial charge in [0.15, 0.2) is 5.16 Å². The number of anilines is 1. The molecule has 5 nitrogen and oxygen atoms in total. The number of para-hydroxylation sites is 1. The molecule has 0 saturated carbocycles. The molecule has 150 valence electrons. The fourth-order valence-corrected chi connectivity index (χ4v) is 4.48. The first-order chi connectivity index (χ1) is 14.2. The van der Waals surface area contributed by atoms with Gasteiger partial charge in [-0.25, -0.2) is 0 Å². The Balaban J connectivity index is 1.60. The molecule has 3 rings (SSSR count). The van der Waals surface area contributed by atoms with E-state index in [-0.39, 0.29) is 11.7 Å². The number of carbonyl (C=O) groups excluding carboxylic acids is 1. The number of carbonyl (C=O) groups is 1. The number of aromatic nitrogens is 3. The van der Waals surface area contributed by atoms with Crippen LogP contribution in [0.1, 0.15) is 18.3 Å². The van der Waals surface area contributed by atoms with E-state index in [1.165, 1.54) is 17.3 Å². The van der Waals surface area contributed by atoms with E-state index in [1.54, 1.807) is 11.8 Å². The minimum Gasteiger partial charge on any atom is -0.324 e. The van der Waals surface area contributed by atoms with E-state index in [4.69, 9.17) is 0 Å². The molecule has 0 aliphatic heterocycles. The van der Waals surface area contributed by atoms with E-state index in [1.807, 2.05) is 60.0 Å². The molecule has 0 saturated heterocycles. The van der Waals surface area contributed by atoms with E-state index in [0.29, 0.717) is 6.54 Å². The monoisotopic (exact) mass is 424 g/mol. The molecule has 0 radical (unpaired) electrons. The fraction of sp³-hybridized carbons (Fsp3) is 0.227. The molecule has 3 aromatic rings. The molecule has 0 spiro atoms. The maximum Gasteiger partial charge on any atom is 0.234 e. The average Bonchev–Trinajstić information content (AvgIpc) is 3.14. The van der Waals surface area contributed by atoms with E-state index in [9.17, 15) is 4.79 Å². The van der Waals surface area contributed by atoms with Crippen molar-refractivity contribution in [2.45, 2.75) is 35.7 Å². The summed E-state index contributed by atoms with van der Waals surface area (Å²) in [5.41, 5.74) is 2.09. The van der Waals surface area contributed by atoms with Gasteiger partial charge in [-0.05, 0) is 17.7 Å². The standard InChI is InChI=1S/C22H24N4OS2/c1-3-14-26-20(4-2)24-25-22(26)29-16-21(27)23-18-12-8-9-13-19(18)28-15-17-10-6-5-7-11-17/h3,5-13H,1,4,14-16H2,2H3,(H,23,27). The van der Waals surface area contributed by atoms with Crippen molar-refractivity contribution >= 4 is 35.1 Å². The second kappa shape index (κ2) is 10.9. The smallest absolute Gasteiger partial charge is 0.234 e. The summed E-state index contributed by atoms with van der Waals surface area (Å²) in [6.45, 7) is 6.46. The Morgan fingerprint density at radius 1 is 1.10 bits per heavy atom. The quantitative estimate of drug-likeness (QED) is 0.365. The maximum absolute atomic E-state index is 12.5. The molecule has 0 unspecified atom stereocenters. The minimum absolute atomic E-state index is 0.0611. The predicted octanol–water partition coefficient (Wildman–Crippen LogP) is 5.05. The van der Waals surface area contributed by atoms with Gasteiger partial charge in [0.2, 0.25) is 5.91 Å². The van der Waals surface area contributed by atoms with Crippen LogP contribution in [0, 0.1) is 0 Å². The molecule has 1 N–H and O–H groups in total. The third kappa shape index (κ3) is 5.98. The van der Waals surface area contributed by atoms with Crippen LogP contribution in [0.15, 0.2) is 77.3 Å². The lowest BCUT2D eigenvalue weighted by atomic mass is 10.2. The van der Waals surface area contributed by atoms with Crippen molar-refractivity contribution < 1.29 is 4.79 Å². The first kappa shape index (κ1) is 21.2. The zero-order valence-electron chi connectivity index (χ0n) is 16.4. The van der Waals surface area contributed by atoms with Crippen molar-refractivity contribution in [1.29, 1.82) is 0 Å². The van der Waals surface area contributed by atoms with Crippen molar-refractivity contribution in [2.75, 3.05) is 11.1 Å². The summed E-state index contributed by atoms with van der Waals surface area (Å²) in [6, 6.07) is 18.2. The molecule has 0 aliphatic rings. The Kier molecular flexibility index (Phi) is 7.95. The number of thioether (sulfide) groups is 2. The summed E-state index contributed by atoms with van der Waals surface area (Å²) in [4.78, 5) is 13.6. The van der Waals surface area contributed by atoms with E-state index in [2.05, 4.69) is 34.2 Å². The number of amides is 1. The number of hydrogen-bond donors (Lipinski definition) is 1. The molecular formula is C22H24N4OS2. The van der Waals surface area contributed by atoms with Crippen LogP contribution in [0.25, 0.3) is 0 Å². The Morgan fingerprint density at radius 3 is 2.62 bits per heavy atom. The third-order valence-corrected chi connectivity index (χ3v) is 6.26. The molecule has 0 atom stereocenters. The molecular weight excluding hydrogens is 400 g/mol. The van der Waals surface area contributed by atoms with Gasteiger partial charge in [-0.2, -0.15) is 0 Å². The zero-order chi connectivity index (χ0) is 20.5. The summed E-state index contributed by atoms with van der Waals surface area (Å²) in [5, 5.41) is 12.2. The number of nitrogens with one attached hydrogen (secondary N) is 1. The van der Waals surface area contributed by atoms with Crippen molar-refractivity contribution in [3.8, 4) is 0 Å². The fourth-order valence-electron chi connectivity index (χ4n) is 2.75. The van der Waals surface area contributed by atoms with Gasteiger partial charge in [0.1, 0.15) is 5.82 Å². The number of benzene rings is 2. The molecule has 7 heteroatoms. The van der Waals surface area contributed by atoms with Crippen molar-refractivity contribution in [2.24, 2.45) is 0 Å². The molecule has 29 heavy (non-hydrogen) atoms. The summed E-state index contributed by atoms with van der Waals surface area (Å²) in [6.07, 6.45) is 2.60. The Labute approximate surface area is 180 Å². The minimum atomic E-state index is -0.0611. The van der Waals surface area contributed by atoms with E-state index in [0.717, 1.165) is 33.7 Å². The highest BCUT2D eigenvalue weighted by molar-refractivity contribution is 7.99. The lowest BCUT2D eigenvalue weighted by molar-refractivity contribution is -0.113. The van der Waals surface area contributed by atoms with Crippen molar-refractivity contribution in [3.05, 3.63) is 78.6 Å². The number of aryl methyl sites for hydroxylation is 1. The highest BCUT2D eigenvalue weighted by atomic mass is 32.2. The highest BCUT2D eigenvalue weighted by Gasteiger charge is 2.13. The van der Waals surface area contributed by atoms with E-state index < -0.39 is 0 Å². The van der Waals surface area contributed by atoms with Crippen LogP contribution in [-0.4, -0.2) is 26.4 Å². The maximum atomic E-state index is 12.5. The number of nitrogens with zero attached hydrogens (tertiary/aromatic N) is 3. The van der Waals surface area contributed by atoms with Crippen LogP contribution in [-0.2, 0) is 23.5 Å². The second-order valence-electron chi connectivity index (χ2n) is 6.26. The predicted molar refractivity (Wildman–Crippen MR) is 121 cm³/mol. The molecule has 2 aromatic carbocycles. The summed E-state index contributed by atoms with van der Waals surface area (Å²) < 4.78 is 1.99. The first-order valence-corrected chi connectivity index (χ1v) is 11.4. The van der Waals surface area contributed by atoms with Gasteiger partial charge < -0.3 is 9.88 Å². The number of allylic oxidation sites excluding steroid dienone is 1. The van der Waals surface area contributed by atoms with Crippen LogP contribution >= 0.6 is 23.5 Å². The van der Waals surface area contributed by atoms with Crippen LogP contribution in [0.5, 0.6) is 0 Å². The largest absolute Gasteiger partial charge is 0.324 e. The number of hydrogen-bond acceptors (Lipinski definition) is 5. The molecule has 0 bridgehead atoms. The lowest BCUT2D eigenvalue weighted by Crippen LogP contribution is -2.15. The van der Waals surface area contributed by atoms with Gasteiger partial charge in [-0.3, -0.25) is 4.79 Å². The van der Waals surface area contributed by atoms with Crippen LogP contribution in [0.4, 0.5) is 5.69 Å². The summed E-state index contributed by atoms with van der Waals surface area (Å²) in [5.74, 6) is 1.97. The Bertz CT molecular complexity index is 956. The van der Waals surface area contributed by atoms with Crippen molar-refractivity contribution in [3.63, 3.8) is 0 Å². The number of rotatable bonds is 10. The molecule has 0 fully saturated rings. The van der Waals surface area contributed by atoms with Gasteiger partial charge in [-0.15, -0.1) is 28.5 Å². The van der Waals surface area contributed by atoms with Crippen molar-refractivity contribution in [1.82, 2.24) is 14.8 Å². The third-order valence-electron chi connectivity index (χ3n) is 4.15. The van der Waals surface area contributed by atoms with Crippen LogP contribution < -0.4 is 5.32 Å². The van der Waals surface area contributed by atoms with Gasteiger partial charge in [-0.1, -0.05) is 67.2 Å². The van der Waals surface area contributed by atoms with E-state index >= 15 is 0 Å².